The van der Waals surface area contributed by atoms with Crippen molar-refractivity contribution in [3.8, 4) is 0 Å². The van der Waals surface area contributed by atoms with Crippen LogP contribution in [-0.2, 0) is 0 Å². The number of nitrogens with zero attached hydrogens (tertiary/aromatic N) is 1. The van der Waals surface area contributed by atoms with Crippen LogP contribution in [0.25, 0.3) is 0 Å². The Labute approximate surface area is 78.9 Å². The molecule has 4 nitrogen and oxygen atoms in total. The maximum atomic E-state index is 10.9. The molecular weight excluding hydrogens is 168 g/mol. The summed E-state index contributed by atoms with van der Waals surface area (Å²) in [6, 6.07) is 0.485. The summed E-state index contributed by atoms with van der Waals surface area (Å²) >= 11 is 0. The van der Waals surface area contributed by atoms with Gasteiger partial charge in [0.05, 0.1) is 0 Å². The fraction of sp³-hybridized carbons (Fsp3) is 0.889. The van der Waals surface area contributed by atoms with Crippen LogP contribution in [0.2, 0.25) is 0 Å². The normalized spacial score (nSPS) is 28.9. The van der Waals surface area contributed by atoms with Gasteiger partial charge in [-0.3, -0.25) is 0 Å². The molecule has 0 aromatic heterocycles. The Morgan fingerprint density at radius 2 is 2.23 bits per heavy atom. The fourth-order valence-electron chi connectivity index (χ4n) is 1.74. The Bertz CT molecular complexity index is 184. The van der Waals surface area contributed by atoms with Gasteiger partial charge in [-0.15, -0.1) is 0 Å². The Kier molecular flexibility index (Phi) is 3.54. The molecule has 0 spiro atoms. The molecule has 1 aliphatic heterocycles. The number of carbonyl (C=O) groups is 1. The summed E-state index contributed by atoms with van der Waals surface area (Å²) in [7, 11) is 0. The quantitative estimate of drug-likeness (QED) is 0.679. The number of piperazine rings is 1. The molecule has 0 radical (unpaired) electrons. The molecule has 13 heavy (non-hydrogen) atoms. The van der Waals surface area contributed by atoms with Crippen LogP contribution in [0.5, 0.6) is 0 Å². The molecule has 1 aliphatic rings. The maximum absolute atomic E-state index is 10.9. The second-order valence-electron chi connectivity index (χ2n) is 3.51. The predicted molar refractivity (Wildman–Crippen MR) is 50.9 cm³/mol. The summed E-state index contributed by atoms with van der Waals surface area (Å²) < 4.78 is 0. The average molecular weight is 186 g/mol. The first kappa shape index (κ1) is 10.3. The zero-order valence-corrected chi connectivity index (χ0v) is 8.29. The molecule has 2 N–H and O–H groups in total. The Morgan fingerprint density at radius 1 is 1.54 bits per heavy atom. The molecule has 0 saturated carbocycles. The van der Waals surface area contributed by atoms with Crippen LogP contribution in [0, 0.1) is 0 Å². The third kappa shape index (κ3) is 2.34. The highest BCUT2D eigenvalue weighted by molar-refractivity contribution is 5.65. The monoisotopic (exact) mass is 186 g/mol. The Hall–Kier alpha value is -0.770. The lowest BCUT2D eigenvalue weighted by Gasteiger charge is -2.38. The van der Waals surface area contributed by atoms with Crippen molar-refractivity contribution >= 4 is 6.09 Å². The van der Waals surface area contributed by atoms with Crippen molar-refractivity contribution in [2.45, 2.75) is 38.8 Å². The van der Waals surface area contributed by atoms with Crippen LogP contribution in [0.1, 0.15) is 26.7 Å². The van der Waals surface area contributed by atoms with E-state index in [1.54, 1.807) is 4.90 Å². The first-order valence-electron chi connectivity index (χ1n) is 4.92. The van der Waals surface area contributed by atoms with Crippen molar-refractivity contribution in [2.24, 2.45) is 0 Å². The summed E-state index contributed by atoms with van der Waals surface area (Å²) in [4.78, 5) is 12.4. The summed E-state index contributed by atoms with van der Waals surface area (Å²) in [5.74, 6) is 0. The van der Waals surface area contributed by atoms with Crippen molar-refractivity contribution in [3.05, 3.63) is 0 Å². The van der Waals surface area contributed by atoms with Crippen molar-refractivity contribution in [1.82, 2.24) is 10.2 Å². The van der Waals surface area contributed by atoms with Gasteiger partial charge in [-0.25, -0.2) is 4.79 Å². The van der Waals surface area contributed by atoms with Gasteiger partial charge in [0.15, 0.2) is 0 Å². The number of hydrogen-bond donors (Lipinski definition) is 2. The van der Waals surface area contributed by atoms with Crippen LogP contribution in [-0.4, -0.2) is 41.3 Å². The van der Waals surface area contributed by atoms with Gasteiger partial charge >= 0.3 is 6.09 Å². The largest absolute Gasteiger partial charge is 0.465 e. The minimum atomic E-state index is -0.785. The molecule has 1 heterocycles. The van der Waals surface area contributed by atoms with E-state index in [0.29, 0.717) is 12.6 Å². The zero-order valence-electron chi connectivity index (χ0n) is 8.29. The van der Waals surface area contributed by atoms with Crippen LogP contribution < -0.4 is 5.32 Å². The molecule has 2 unspecified atom stereocenters. The van der Waals surface area contributed by atoms with E-state index in [1.165, 1.54) is 0 Å². The lowest BCUT2D eigenvalue weighted by molar-refractivity contribution is 0.0964. The Morgan fingerprint density at radius 3 is 2.69 bits per heavy atom. The van der Waals surface area contributed by atoms with Crippen molar-refractivity contribution in [3.63, 3.8) is 0 Å². The van der Waals surface area contributed by atoms with E-state index in [2.05, 4.69) is 12.2 Å². The fourth-order valence-corrected chi connectivity index (χ4v) is 1.74. The highest BCUT2D eigenvalue weighted by Crippen LogP contribution is 2.11. The van der Waals surface area contributed by atoms with Crippen LogP contribution in [0.15, 0.2) is 0 Å². The van der Waals surface area contributed by atoms with Gasteiger partial charge in [-0.05, 0) is 12.8 Å². The van der Waals surface area contributed by atoms with Crippen LogP contribution in [0.3, 0.4) is 0 Å². The molecule has 0 aliphatic carbocycles. The number of nitrogens with one attached hydrogen (secondary N) is 1. The minimum absolute atomic E-state index is 0.153. The molecule has 4 heteroatoms. The van der Waals surface area contributed by atoms with Gasteiger partial charge < -0.3 is 15.3 Å². The first-order chi connectivity index (χ1) is 6.19. The summed E-state index contributed by atoms with van der Waals surface area (Å²) in [5.41, 5.74) is 0. The highest BCUT2D eigenvalue weighted by Gasteiger charge is 2.28. The van der Waals surface area contributed by atoms with Gasteiger partial charge in [-0.1, -0.05) is 13.8 Å². The molecule has 1 rings (SSSR count). The van der Waals surface area contributed by atoms with Crippen LogP contribution >= 0.6 is 0 Å². The van der Waals surface area contributed by atoms with E-state index in [4.69, 9.17) is 5.11 Å². The van der Waals surface area contributed by atoms with Gasteiger partial charge in [0.2, 0.25) is 0 Å². The molecule has 0 aromatic carbocycles. The minimum Gasteiger partial charge on any atom is -0.465 e. The molecule has 0 bridgehead atoms. The van der Waals surface area contributed by atoms with Gasteiger partial charge in [0.1, 0.15) is 0 Å². The second-order valence-corrected chi connectivity index (χ2v) is 3.51. The Balaban J connectivity index is 2.57. The number of rotatable bonds is 2. The van der Waals surface area contributed by atoms with E-state index < -0.39 is 6.09 Å². The summed E-state index contributed by atoms with van der Waals surface area (Å²) in [5, 5.41) is 12.3. The highest BCUT2D eigenvalue weighted by atomic mass is 16.4. The SMILES string of the molecule is CCC1CN(C(=O)O)C(CC)CN1. The standard InChI is InChI=1S/C9H18N2O2/c1-3-7-6-11(9(12)13)8(4-2)5-10-7/h7-8,10H,3-6H2,1-2H3,(H,12,13). The lowest BCUT2D eigenvalue weighted by atomic mass is 10.1. The maximum Gasteiger partial charge on any atom is 0.407 e. The zero-order chi connectivity index (χ0) is 9.84. The topological polar surface area (TPSA) is 52.6 Å². The third-order valence-electron chi connectivity index (χ3n) is 2.71. The van der Waals surface area contributed by atoms with Crippen molar-refractivity contribution < 1.29 is 9.90 Å². The number of amides is 1. The number of hydrogen-bond acceptors (Lipinski definition) is 2. The van der Waals surface area contributed by atoms with E-state index >= 15 is 0 Å². The van der Waals surface area contributed by atoms with Crippen molar-refractivity contribution in [1.29, 1.82) is 0 Å². The summed E-state index contributed by atoms with van der Waals surface area (Å²) in [6.07, 6.45) is 1.09. The van der Waals surface area contributed by atoms with Crippen LogP contribution in [0.4, 0.5) is 4.79 Å². The molecule has 1 fully saturated rings. The van der Waals surface area contributed by atoms with E-state index in [-0.39, 0.29) is 6.04 Å². The first-order valence-corrected chi connectivity index (χ1v) is 4.92. The molecule has 2 atom stereocenters. The molecular formula is C9H18N2O2. The molecule has 1 amide bonds. The summed E-state index contributed by atoms with van der Waals surface area (Å²) in [6.45, 7) is 5.52. The van der Waals surface area contributed by atoms with Gasteiger partial charge in [-0.2, -0.15) is 0 Å². The van der Waals surface area contributed by atoms with Gasteiger partial charge in [0, 0.05) is 25.2 Å². The molecule has 0 aromatic rings. The molecule has 1 saturated heterocycles. The van der Waals surface area contributed by atoms with Crippen molar-refractivity contribution in [2.75, 3.05) is 13.1 Å². The molecule has 76 valence electrons. The van der Waals surface area contributed by atoms with Gasteiger partial charge in [0.25, 0.3) is 0 Å². The average Bonchev–Trinajstić information content (AvgIpc) is 2.16. The van der Waals surface area contributed by atoms with E-state index in [1.807, 2.05) is 6.92 Å². The predicted octanol–water partition coefficient (Wildman–Crippen LogP) is 1.13. The third-order valence-corrected chi connectivity index (χ3v) is 2.71. The van der Waals surface area contributed by atoms with E-state index in [9.17, 15) is 4.79 Å². The lowest BCUT2D eigenvalue weighted by Crippen LogP contribution is -2.57. The number of carboxylic acid groups (broad SMARTS) is 1. The second kappa shape index (κ2) is 4.46. The smallest absolute Gasteiger partial charge is 0.407 e. The van der Waals surface area contributed by atoms with E-state index in [0.717, 1.165) is 19.4 Å².